The number of H-pyrrole nitrogens is 2. The van der Waals surface area contributed by atoms with Crippen molar-refractivity contribution in [1.29, 1.82) is 0 Å². The summed E-state index contributed by atoms with van der Waals surface area (Å²) in [6.45, 7) is 7.00. The van der Waals surface area contributed by atoms with Gasteiger partial charge in [0, 0.05) is 51.2 Å². The predicted octanol–water partition coefficient (Wildman–Crippen LogP) is 10.5. The summed E-state index contributed by atoms with van der Waals surface area (Å²) in [5.41, 5.74) is 10.2. The first-order valence-electron chi connectivity index (χ1n) is 18.7. The summed E-state index contributed by atoms with van der Waals surface area (Å²) >= 11 is 0. The number of nitrogens with zero attached hydrogens (tertiary/aromatic N) is 2. The van der Waals surface area contributed by atoms with E-state index in [0.29, 0.717) is 28.0 Å². The molecule has 2 aliphatic heterocycles. The quantitative estimate of drug-likeness (QED) is 0.158. The molecule has 6 aromatic rings. The smallest absolute Gasteiger partial charge is 0.304 e. The lowest BCUT2D eigenvalue weighted by Crippen LogP contribution is -2.52. The van der Waals surface area contributed by atoms with Gasteiger partial charge in [0.05, 0.1) is 34.5 Å². The van der Waals surface area contributed by atoms with Crippen LogP contribution in [0.15, 0.2) is 121 Å². The molecule has 3 aliphatic rings. The lowest BCUT2D eigenvalue weighted by Gasteiger charge is -2.43. The molecule has 3 aromatic heterocycles. The van der Waals surface area contributed by atoms with Crippen LogP contribution in [-0.2, 0) is 24.7 Å². The molecule has 9 rings (SSSR count). The molecule has 1 atom stereocenters. The Bertz CT molecular complexity index is 2810. The highest BCUT2D eigenvalue weighted by molar-refractivity contribution is 6.36. The SMILES string of the molecule is CC(=O)OC1(c2ccccc2C)C(=O)C(c2c3nc(c(-c4ccccc4)c4ccc(cc5nc(c(-c6ccccc6)c6ccc2[nH]6)C=C5)[nH]4)C=C3)=C1OC(C)C. The number of aromatic amines is 2. The number of Topliss-reactive ketones (excluding diaryl/α,β-unsaturated/α-hetero) is 1. The molecule has 8 heteroatoms. The Kier molecular flexibility index (Phi) is 8.46. The maximum atomic E-state index is 15.2. The summed E-state index contributed by atoms with van der Waals surface area (Å²) < 4.78 is 12.7. The van der Waals surface area contributed by atoms with Crippen LogP contribution >= 0.6 is 0 Å². The van der Waals surface area contributed by atoms with Crippen LogP contribution in [-0.4, -0.2) is 37.8 Å². The number of hydrogen-bond acceptors (Lipinski definition) is 6. The van der Waals surface area contributed by atoms with Crippen molar-refractivity contribution in [3.8, 4) is 22.3 Å². The molecule has 3 aromatic carbocycles. The monoisotopic (exact) mass is 734 g/mol. The summed E-state index contributed by atoms with van der Waals surface area (Å²) in [4.78, 5) is 45.8. The summed E-state index contributed by atoms with van der Waals surface area (Å²) in [7, 11) is 0. The fraction of sp³-hybridized carbons (Fsp3) is 0.125. The third-order valence-electron chi connectivity index (χ3n) is 10.2. The van der Waals surface area contributed by atoms with E-state index in [1.807, 2.05) is 130 Å². The van der Waals surface area contributed by atoms with Crippen LogP contribution < -0.4 is 0 Å². The van der Waals surface area contributed by atoms with E-state index in [0.717, 1.165) is 55.8 Å². The standard InChI is InChI=1S/C48H38N4O4/c1-28(2)55-47-45(46(54)48(47,56-30(4)53)35-18-12-11-13-29(35)3)44-40-25-23-38(51-40)42(31-14-7-5-8-15-31)36-21-19-33(49-36)27-34-20-22-37(50-34)43(32-16-9-6-10-17-32)39-24-26-41(44)52-39/h5-28,49,52H,1-4H3. The molecule has 1 unspecified atom stereocenters. The van der Waals surface area contributed by atoms with Gasteiger partial charge in [0.1, 0.15) is 0 Å². The number of hydrogen-bond donors (Lipinski definition) is 2. The third kappa shape index (κ3) is 5.78. The Morgan fingerprint density at radius 2 is 1.21 bits per heavy atom. The normalized spacial score (nSPS) is 16.0. The van der Waals surface area contributed by atoms with Gasteiger partial charge < -0.3 is 19.4 Å². The molecule has 1 aliphatic carbocycles. The molecule has 5 heterocycles. The van der Waals surface area contributed by atoms with Crippen LogP contribution in [0.2, 0.25) is 0 Å². The number of aromatic nitrogens is 4. The fourth-order valence-electron chi connectivity index (χ4n) is 7.90. The molecule has 0 amide bonds. The largest absolute Gasteiger partial charge is 0.489 e. The van der Waals surface area contributed by atoms with Crippen molar-refractivity contribution in [3.05, 3.63) is 160 Å². The van der Waals surface area contributed by atoms with Gasteiger partial charge in [0.25, 0.3) is 5.60 Å². The van der Waals surface area contributed by atoms with Gasteiger partial charge in [-0.05, 0) is 92.1 Å². The Morgan fingerprint density at radius 1 is 0.661 bits per heavy atom. The number of aryl methyl sites for hydroxylation is 1. The number of ketones is 1. The van der Waals surface area contributed by atoms with Crippen molar-refractivity contribution in [2.45, 2.75) is 39.4 Å². The minimum absolute atomic E-state index is 0.263. The Hall–Kier alpha value is -7.06. The molecule has 8 bridgehead atoms. The highest BCUT2D eigenvalue weighted by Crippen LogP contribution is 2.53. The third-order valence-corrected chi connectivity index (χ3v) is 10.2. The van der Waals surface area contributed by atoms with E-state index in [-0.39, 0.29) is 17.4 Å². The first-order chi connectivity index (χ1) is 27.2. The van der Waals surface area contributed by atoms with Gasteiger partial charge in [-0.15, -0.1) is 0 Å². The summed E-state index contributed by atoms with van der Waals surface area (Å²) in [6.07, 6.45) is 7.59. The van der Waals surface area contributed by atoms with E-state index in [1.54, 1.807) is 0 Å². The number of nitrogens with one attached hydrogen (secondary N) is 2. The van der Waals surface area contributed by atoms with Crippen LogP contribution in [0.25, 0.3) is 74.2 Å². The lowest BCUT2D eigenvalue weighted by atomic mass is 9.69. The Labute approximate surface area is 323 Å². The molecular weight excluding hydrogens is 697 g/mol. The number of ether oxygens (including phenoxy) is 2. The van der Waals surface area contributed by atoms with E-state index in [4.69, 9.17) is 19.4 Å². The van der Waals surface area contributed by atoms with Crippen molar-refractivity contribution >= 4 is 63.7 Å². The summed E-state index contributed by atoms with van der Waals surface area (Å²) in [5.74, 6) is -0.731. The van der Waals surface area contributed by atoms with Crippen LogP contribution in [0.3, 0.4) is 0 Å². The molecule has 0 saturated carbocycles. The van der Waals surface area contributed by atoms with E-state index in [2.05, 4.69) is 40.3 Å². The molecule has 0 spiro atoms. The average molecular weight is 735 g/mol. The van der Waals surface area contributed by atoms with Crippen molar-refractivity contribution in [3.63, 3.8) is 0 Å². The summed E-state index contributed by atoms with van der Waals surface area (Å²) in [5, 5.41) is 0. The molecule has 274 valence electrons. The second-order valence-electron chi connectivity index (χ2n) is 14.4. The molecule has 8 nitrogen and oxygen atoms in total. The number of fused-ring (bicyclic) bond motifs is 8. The van der Waals surface area contributed by atoms with Crippen LogP contribution in [0.5, 0.6) is 0 Å². The number of benzene rings is 3. The lowest BCUT2D eigenvalue weighted by molar-refractivity contribution is -0.169. The van der Waals surface area contributed by atoms with Crippen LogP contribution in [0.1, 0.15) is 60.2 Å². The minimum Gasteiger partial charge on any atom is -0.489 e. The van der Waals surface area contributed by atoms with Crippen molar-refractivity contribution in [2.75, 3.05) is 0 Å². The zero-order valence-corrected chi connectivity index (χ0v) is 31.4. The van der Waals surface area contributed by atoms with Crippen molar-refractivity contribution in [1.82, 2.24) is 19.9 Å². The number of esters is 1. The highest BCUT2D eigenvalue weighted by Gasteiger charge is 2.62. The Morgan fingerprint density at radius 3 is 1.86 bits per heavy atom. The summed E-state index contributed by atoms with van der Waals surface area (Å²) in [6, 6.07) is 37.7. The van der Waals surface area contributed by atoms with Gasteiger partial charge in [-0.25, -0.2) is 9.97 Å². The number of carbonyl (C=O) groups excluding carboxylic acids is 2. The zero-order valence-electron chi connectivity index (χ0n) is 31.4. The number of carbonyl (C=O) groups is 2. The molecule has 0 fully saturated rings. The first-order valence-corrected chi connectivity index (χ1v) is 18.7. The van der Waals surface area contributed by atoms with E-state index in [9.17, 15) is 4.79 Å². The van der Waals surface area contributed by atoms with Crippen LogP contribution in [0.4, 0.5) is 0 Å². The van der Waals surface area contributed by atoms with Gasteiger partial charge >= 0.3 is 5.97 Å². The molecule has 0 saturated heterocycles. The zero-order chi connectivity index (χ0) is 38.6. The van der Waals surface area contributed by atoms with E-state index < -0.39 is 17.4 Å². The second kappa shape index (κ2) is 13.7. The number of rotatable bonds is 7. The van der Waals surface area contributed by atoms with Gasteiger partial charge in [0.2, 0.25) is 5.78 Å². The van der Waals surface area contributed by atoms with Crippen molar-refractivity contribution < 1.29 is 19.1 Å². The molecule has 0 radical (unpaired) electrons. The maximum Gasteiger partial charge on any atom is 0.304 e. The first kappa shape index (κ1) is 34.7. The van der Waals surface area contributed by atoms with Crippen LogP contribution in [0, 0.1) is 6.92 Å². The Balaban J connectivity index is 1.45. The highest BCUT2D eigenvalue weighted by atomic mass is 16.6. The average Bonchev–Trinajstić information content (AvgIpc) is 4.03. The second-order valence-corrected chi connectivity index (χ2v) is 14.4. The fourth-order valence-corrected chi connectivity index (χ4v) is 7.90. The van der Waals surface area contributed by atoms with Gasteiger partial charge in [-0.3, -0.25) is 9.59 Å². The molecule has 56 heavy (non-hydrogen) atoms. The van der Waals surface area contributed by atoms with Crippen molar-refractivity contribution in [2.24, 2.45) is 0 Å². The van der Waals surface area contributed by atoms with Gasteiger partial charge in [-0.1, -0.05) is 84.9 Å². The molecular formula is C48H38N4O4. The van der Waals surface area contributed by atoms with Gasteiger partial charge in [0.15, 0.2) is 5.76 Å². The molecule has 2 N–H and O–H groups in total. The maximum absolute atomic E-state index is 15.2. The van der Waals surface area contributed by atoms with E-state index in [1.165, 1.54) is 6.92 Å². The predicted molar refractivity (Wildman–Crippen MR) is 223 cm³/mol. The minimum atomic E-state index is -1.78. The topological polar surface area (TPSA) is 110 Å². The van der Waals surface area contributed by atoms with E-state index >= 15 is 4.79 Å². The van der Waals surface area contributed by atoms with Gasteiger partial charge in [-0.2, -0.15) is 0 Å².